The second-order valence-corrected chi connectivity index (χ2v) is 7.78. The molecule has 2 saturated heterocycles. The number of ether oxygens (including phenoxy) is 1. The van der Waals surface area contributed by atoms with Gasteiger partial charge in [0.25, 0.3) is 5.91 Å². The zero-order chi connectivity index (χ0) is 20.1. The Bertz CT molecular complexity index is 857. The standard InChI is InChI=1S/C22H28N4O3/c1-2-23-21(26-10-8-22(15-26)9-12-28-16-22)24-14-17-5-3-6-18(13-17)25-20(27)19-7-4-11-29-19/h3-7,11,13H,2,8-10,12,14-16H2,1H3,(H,23,24)(H,25,27). The van der Waals surface area contributed by atoms with Crippen LogP contribution in [0.3, 0.4) is 0 Å². The minimum Gasteiger partial charge on any atom is -0.459 e. The lowest BCUT2D eigenvalue weighted by atomic mass is 9.87. The maximum absolute atomic E-state index is 12.2. The van der Waals surface area contributed by atoms with E-state index in [4.69, 9.17) is 14.1 Å². The van der Waals surface area contributed by atoms with Crippen LogP contribution in [0.25, 0.3) is 0 Å². The van der Waals surface area contributed by atoms with Crippen LogP contribution < -0.4 is 10.6 Å². The minimum absolute atomic E-state index is 0.259. The summed E-state index contributed by atoms with van der Waals surface area (Å²) < 4.78 is 10.8. The van der Waals surface area contributed by atoms with Crippen LogP contribution in [-0.2, 0) is 11.3 Å². The molecule has 2 aliphatic heterocycles. The number of rotatable bonds is 5. The Hall–Kier alpha value is -2.80. The molecule has 0 bridgehead atoms. The van der Waals surface area contributed by atoms with Crippen LogP contribution in [0.5, 0.6) is 0 Å². The molecule has 1 atom stereocenters. The first-order valence-corrected chi connectivity index (χ1v) is 10.2. The number of nitrogens with one attached hydrogen (secondary N) is 2. The lowest BCUT2D eigenvalue weighted by Crippen LogP contribution is -2.41. The fourth-order valence-electron chi connectivity index (χ4n) is 4.03. The van der Waals surface area contributed by atoms with E-state index >= 15 is 0 Å². The van der Waals surface area contributed by atoms with E-state index in [0.717, 1.165) is 62.9 Å². The van der Waals surface area contributed by atoms with Crippen molar-refractivity contribution < 1.29 is 13.9 Å². The fraction of sp³-hybridized carbons (Fsp3) is 0.455. The molecule has 2 aliphatic rings. The van der Waals surface area contributed by atoms with E-state index in [9.17, 15) is 4.79 Å². The highest BCUT2D eigenvalue weighted by Gasteiger charge is 2.42. The smallest absolute Gasteiger partial charge is 0.291 e. The van der Waals surface area contributed by atoms with E-state index in [0.29, 0.717) is 17.7 Å². The van der Waals surface area contributed by atoms with Crippen molar-refractivity contribution in [2.24, 2.45) is 10.4 Å². The quantitative estimate of drug-likeness (QED) is 0.600. The molecule has 29 heavy (non-hydrogen) atoms. The van der Waals surface area contributed by atoms with Crippen LogP contribution in [0, 0.1) is 5.41 Å². The van der Waals surface area contributed by atoms with Gasteiger partial charge in [0.05, 0.1) is 19.4 Å². The molecule has 1 aromatic carbocycles. The zero-order valence-corrected chi connectivity index (χ0v) is 16.8. The Morgan fingerprint density at radius 1 is 1.28 bits per heavy atom. The van der Waals surface area contributed by atoms with Gasteiger partial charge in [-0.3, -0.25) is 4.79 Å². The molecular weight excluding hydrogens is 368 g/mol. The first kappa shape index (κ1) is 19.5. The molecule has 2 aromatic rings. The van der Waals surface area contributed by atoms with Gasteiger partial charge in [-0.15, -0.1) is 0 Å². The maximum atomic E-state index is 12.2. The number of benzene rings is 1. The van der Waals surface area contributed by atoms with Crippen molar-refractivity contribution >= 4 is 17.6 Å². The van der Waals surface area contributed by atoms with Crippen LogP contribution in [0.1, 0.15) is 35.9 Å². The Labute approximate surface area is 171 Å². The Balaban J connectivity index is 1.41. The number of likely N-dealkylation sites (tertiary alicyclic amines) is 1. The van der Waals surface area contributed by atoms with E-state index in [1.165, 1.54) is 6.26 Å². The lowest BCUT2D eigenvalue weighted by molar-refractivity contribution is 0.0996. The summed E-state index contributed by atoms with van der Waals surface area (Å²) in [6, 6.07) is 11.1. The molecule has 7 heteroatoms. The van der Waals surface area contributed by atoms with Crippen LogP contribution in [0.4, 0.5) is 5.69 Å². The van der Waals surface area contributed by atoms with Crippen molar-refractivity contribution in [2.75, 3.05) is 38.2 Å². The monoisotopic (exact) mass is 396 g/mol. The van der Waals surface area contributed by atoms with Crippen molar-refractivity contribution in [2.45, 2.75) is 26.3 Å². The number of furan rings is 1. The summed E-state index contributed by atoms with van der Waals surface area (Å²) in [7, 11) is 0. The second-order valence-electron chi connectivity index (χ2n) is 7.78. The highest BCUT2D eigenvalue weighted by Crippen LogP contribution is 2.38. The molecular formula is C22H28N4O3. The number of carbonyl (C=O) groups is 1. The average molecular weight is 396 g/mol. The third kappa shape index (κ3) is 4.62. The number of hydrogen-bond donors (Lipinski definition) is 2. The predicted molar refractivity (Wildman–Crippen MR) is 112 cm³/mol. The highest BCUT2D eigenvalue weighted by molar-refractivity contribution is 6.02. The second kappa shape index (κ2) is 8.69. The lowest BCUT2D eigenvalue weighted by Gasteiger charge is -2.25. The molecule has 0 saturated carbocycles. The van der Waals surface area contributed by atoms with Gasteiger partial charge < -0.3 is 24.7 Å². The Morgan fingerprint density at radius 2 is 2.21 bits per heavy atom. The third-order valence-electron chi connectivity index (χ3n) is 5.60. The number of guanidine groups is 1. The van der Waals surface area contributed by atoms with E-state index in [-0.39, 0.29) is 5.91 Å². The molecule has 154 valence electrons. The van der Waals surface area contributed by atoms with Gasteiger partial charge in [0, 0.05) is 37.3 Å². The maximum Gasteiger partial charge on any atom is 0.291 e. The fourth-order valence-corrected chi connectivity index (χ4v) is 4.03. The number of amides is 1. The van der Waals surface area contributed by atoms with Crippen molar-refractivity contribution in [3.05, 3.63) is 54.0 Å². The molecule has 0 radical (unpaired) electrons. The van der Waals surface area contributed by atoms with Gasteiger partial charge >= 0.3 is 0 Å². The van der Waals surface area contributed by atoms with Crippen molar-refractivity contribution in [3.63, 3.8) is 0 Å². The summed E-state index contributed by atoms with van der Waals surface area (Å²) in [4.78, 5) is 19.4. The third-order valence-corrected chi connectivity index (χ3v) is 5.60. The molecule has 3 heterocycles. The van der Waals surface area contributed by atoms with Gasteiger partial charge in [-0.05, 0) is 49.6 Å². The summed E-state index contributed by atoms with van der Waals surface area (Å²) in [5.41, 5.74) is 2.06. The Kier molecular flexibility index (Phi) is 5.85. The normalized spacial score (nSPS) is 21.7. The predicted octanol–water partition coefficient (Wildman–Crippen LogP) is 3.11. The molecule has 0 aliphatic carbocycles. The van der Waals surface area contributed by atoms with Crippen molar-refractivity contribution in [3.8, 4) is 0 Å². The summed E-state index contributed by atoms with van der Waals surface area (Å²) in [5, 5.41) is 6.28. The van der Waals surface area contributed by atoms with Crippen LogP contribution in [0.15, 0.2) is 52.1 Å². The molecule has 1 unspecified atom stereocenters. The highest BCUT2D eigenvalue weighted by atomic mass is 16.5. The summed E-state index contributed by atoms with van der Waals surface area (Å²) in [6.07, 6.45) is 3.79. The molecule has 2 fully saturated rings. The van der Waals surface area contributed by atoms with Crippen LogP contribution >= 0.6 is 0 Å². The number of nitrogens with zero attached hydrogens (tertiary/aromatic N) is 2. The van der Waals surface area contributed by atoms with Gasteiger partial charge in [-0.25, -0.2) is 4.99 Å². The first-order chi connectivity index (χ1) is 14.2. The van der Waals surface area contributed by atoms with E-state index < -0.39 is 0 Å². The number of carbonyl (C=O) groups excluding carboxylic acids is 1. The van der Waals surface area contributed by atoms with Gasteiger partial charge in [0.1, 0.15) is 0 Å². The SMILES string of the molecule is CCNC(=NCc1cccc(NC(=O)c2ccco2)c1)N1CCC2(CCOC2)C1. The largest absolute Gasteiger partial charge is 0.459 e. The molecule has 1 spiro atoms. The Morgan fingerprint density at radius 3 is 2.97 bits per heavy atom. The van der Waals surface area contributed by atoms with Crippen LogP contribution in [0.2, 0.25) is 0 Å². The summed E-state index contributed by atoms with van der Waals surface area (Å²) in [6.45, 7) is 7.21. The molecule has 7 nitrogen and oxygen atoms in total. The molecule has 1 amide bonds. The summed E-state index contributed by atoms with van der Waals surface area (Å²) >= 11 is 0. The van der Waals surface area contributed by atoms with Crippen molar-refractivity contribution in [1.29, 1.82) is 0 Å². The average Bonchev–Trinajstić information content (AvgIpc) is 3.49. The number of hydrogen-bond acceptors (Lipinski definition) is 4. The minimum atomic E-state index is -0.259. The van der Waals surface area contributed by atoms with E-state index in [1.807, 2.05) is 24.3 Å². The number of aliphatic imine (C=N–C) groups is 1. The van der Waals surface area contributed by atoms with Crippen molar-refractivity contribution in [1.82, 2.24) is 10.2 Å². The first-order valence-electron chi connectivity index (χ1n) is 10.2. The molecule has 1 aromatic heterocycles. The van der Waals surface area contributed by atoms with Gasteiger partial charge in [0.2, 0.25) is 0 Å². The van der Waals surface area contributed by atoms with Crippen LogP contribution in [-0.4, -0.2) is 49.6 Å². The summed E-state index contributed by atoms with van der Waals surface area (Å²) in [5.74, 6) is 0.980. The van der Waals surface area contributed by atoms with Gasteiger partial charge in [-0.2, -0.15) is 0 Å². The zero-order valence-electron chi connectivity index (χ0n) is 16.8. The number of anilines is 1. The molecule has 4 rings (SSSR count). The van der Waals surface area contributed by atoms with Gasteiger partial charge in [0.15, 0.2) is 11.7 Å². The van der Waals surface area contributed by atoms with E-state index in [2.05, 4.69) is 22.5 Å². The van der Waals surface area contributed by atoms with Gasteiger partial charge in [-0.1, -0.05) is 12.1 Å². The molecule has 2 N–H and O–H groups in total. The van der Waals surface area contributed by atoms with E-state index in [1.54, 1.807) is 12.1 Å². The topological polar surface area (TPSA) is 79.1 Å².